The van der Waals surface area contributed by atoms with Crippen molar-refractivity contribution in [1.29, 1.82) is 0 Å². The highest BCUT2D eigenvalue weighted by Crippen LogP contribution is 2.30. The van der Waals surface area contributed by atoms with Gasteiger partial charge in [0.25, 0.3) is 0 Å². The first kappa shape index (κ1) is 14.0. The lowest BCUT2D eigenvalue weighted by Gasteiger charge is -2.36. The minimum atomic E-state index is 0.275. The van der Waals surface area contributed by atoms with E-state index in [0.717, 1.165) is 64.7 Å². The highest BCUT2D eigenvalue weighted by Gasteiger charge is 2.37. The lowest BCUT2D eigenvalue weighted by molar-refractivity contribution is 0.0935. The van der Waals surface area contributed by atoms with E-state index >= 15 is 0 Å². The van der Waals surface area contributed by atoms with Crippen LogP contribution in [0.2, 0.25) is 0 Å². The molecule has 0 saturated carbocycles. The first-order valence-electron chi connectivity index (χ1n) is 7.69. The second kappa shape index (κ2) is 6.20. The monoisotopic (exact) mass is 279 g/mol. The van der Waals surface area contributed by atoms with E-state index in [1.807, 2.05) is 6.33 Å². The molecule has 0 aromatic carbocycles. The van der Waals surface area contributed by atoms with Gasteiger partial charge in [-0.25, -0.2) is 0 Å². The van der Waals surface area contributed by atoms with Crippen molar-refractivity contribution in [3.63, 3.8) is 0 Å². The van der Waals surface area contributed by atoms with E-state index in [2.05, 4.69) is 31.9 Å². The molecule has 1 saturated heterocycles. The van der Waals surface area contributed by atoms with Gasteiger partial charge in [-0.1, -0.05) is 6.92 Å². The SMILES string of the molecule is CCCNCC1(CN2CCn3cnnc3C2)CCOC1. The second-order valence-electron chi connectivity index (χ2n) is 6.13. The van der Waals surface area contributed by atoms with E-state index < -0.39 is 0 Å². The summed E-state index contributed by atoms with van der Waals surface area (Å²) >= 11 is 0. The van der Waals surface area contributed by atoms with Crippen LogP contribution in [0.4, 0.5) is 0 Å². The lowest BCUT2D eigenvalue weighted by atomic mass is 9.86. The summed E-state index contributed by atoms with van der Waals surface area (Å²) < 4.78 is 7.84. The molecule has 0 spiro atoms. The molecule has 6 nitrogen and oxygen atoms in total. The van der Waals surface area contributed by atoms with Crippen LogP contribution in [0.5, 0.6) is 0 Å². The largest absolute Gasteiger partial charge is 0.381 e. The van der Waals surface area contributed by atoms with Gasteiger partial charge in [-0.2, -0.15) is 0 Å². The third-order valence-electron chi connectivity index (χ3n) is 4.39. The second-order valence-corrected chi connectivity index (χ2v) is 6.13. The van der Waals surface area contributed by atoms with E-state index in [1.54, 1.807) is 0 Å². The third kappa shape index (κ3) is 3.02. The minimum absolute atomic E-state index is 0.275. The quantitative estimate of drug-likeness (QED) is 0.769. The molecule has 2 aliphatic heterocycles. The van der Waals surface area contributed by atoms with Gasteiger partial charge in [0.2, 0.25) is 0 Å². The standard InChI is InChI=1S/C14H25N5O/c1-2-4-15-9-14(3-7-20-11-14)10-18-5-6-19-12-16-17-13(19)8-18/h12,15H,2-11H2,1H3. The highest BCUT2D eigenvalue weighted by molar-refractivity contribution is 4.94. The predicted molar refractivity (Wildman–Crippen MR) is 76.3 cm³/mol. The number of hydrogen-bond donors (Lipinski definition) is 1. The average molecular weight is 279 g/mol. The summed E-state index contributed by atoms with van der Waals surface area (Å²) in [7, 11) is 0. The van der Waals surface area contributed by atoms with Crippen LogP contribution in [0.1, 0.15) is 25.6 Å². The van der Waals surface area contributed by atoms with Crippen LogP contribution in [0.15, 0.2) is 6.33 Å². The number of hydrogen-bond acceptors (Lipinski definition) is 5. The Morgan fingerprint density at radius 3 is 3.20 bits per heavy atom. The van der Waals surface area contributed by atoms with Gasteiger partial charge in [0.15, 0.2) is 0 Å². The summed E-state index contributed by atoms with van der Waals surface area (Å²) in [5.74, 6) is 1.09. The van der Waals surface area contributed by atoms with Crippen molar-refractivity contribution >= 4 is 0 Å². The molecule has 1 aromatic rings. The van der Waals surface area contributed by atoms with Crippen LogP contribution in [-0.4, -0.2) is 59.1 Å². The van der Waals surface area contributed by atoms with Crippen LogP contribution >= 0.6 is 0 Å². The maximum atomic E-state index is 5.69. The molecule has 1 atom stereocenters. The van der Waals surface area contributed by atoms with Crippen LogP contribution < -0.4 is 5.32 Å². The fraction of sp³-hybridized carbons (Fsp3) is 0.857. The highest BCUT2D eigenvalue weighted by atomic mass is 16.5. The van der Waals surface area contributed by atoms with Crippen LogP contribution in [-0.2, 0) is 17.8 Å². The smallest absolute Gasteiger partial charge is 0.147 e. The van der Waals surface area contributed by atoms with Gasteiger partial charge in [0, 0.05) is 38.2 Å². The van der Waals surface area contributed by atoms with Gasteiger partial charge in [-0.05, 0) is 19.4 Å². The van der Waals surface area contributed by atoms with E-state index in [-0.39, 0.29) is 5.41 Å². The van der Waals surface area contributed by atoms with Gasteiger partial charge in [-0.3, -0.25) is 4.90 Å². The molecule has 1 aromatic heterocycles. The molecular weight excluding hydrogens is 254 g/mol. The Kier molecular flexibility index (Phi) is 4.33. The summed E-state index contributed by atoms with van der Waals surface area (Å²) in [6.45, 7) is 10.2. The molecular formula is C14H25N5O. The molecule has 0 bridgehead atoms. The number of fused-ring (bicyclic) bond motifs is 1. The van der Waals surface area contributed by atoms with E-state index in [1.165, 1.54) is 6.42 Å². The summed E-state index contributed by atoms with van der Waals surface area (Å²) in [6, 6.07) is 0. The topological polar surface area (TPSA) is 55.2 Å². The molecule has 2 aliphatic rings. The third-order valence-corrected chi connectivity index (χ3v) is 4.39. The molecule has 1 unspecified atom stereocenters. The zero-order valence-electron chi connectivity index (χ0n) is 12.3. The first-order chi connectivity index (χ1) is 9.81. The molecule has 0 amide bonds. The van der Waals surface area contributed by atoms with Gasteiger partial charge in [0.05, 0.1) is 13.2 Å². The minimum Gasteiger partial charge on any atom is -0.381 e. The summed E-state index contributed by atoms with van der Waals surface area (Å²) in [4.78, 5) is 2.51. The number of nitrogens with one attached hydrogen (secondary N) is 1. The maximum Gasteiger partial charge on any atom is 0.147 e. The van der Waals surface area contributed by atoms with Crippen molar-refractivity contribution in [3.8, 4) is 0 Å². The Morgan fingerprint density at radius 2 is 2.40 bits per heavy atom. The molecule has 3 heterocycles. The molecule has 3 rings (SSSR count). The maximum absolute atomic E-state index is 5.69. The normalized spacial score (nSPS) is 26.9. The van der Waals surface area contributed by atoms with Crippen LogP contribution in [0.3, 0.4) is 0 Å². The van der Waals surface area contributed by atoms with Gasteiger partial charge in [0.1, 0.15) is 12.2 Å². The molecule has 6 heteroatoms. The van der Waals surface area contributed by atoms with Crippen molar-refractivity contribution in [2.45, 2.75) is 32.9 Å². The van der Waals surface area contributed by atoms with E-state index in [0.29, 0.717) is 0 Å². The zero-order valence-corrected chi connectivity index (χ0v) is 12.3. The van der Waals surface area contributed by atoms with E-state index in [4.69, 9.17) is 4.74 Å². The van der Waals surface area contributed by atoms with Gasteiger partial charge in [-0.15, -0.1) is 10.2 Å². The molecule has 1 fully saturated rings. The van der Waals surface area contributed by atoms with Gasteiger partial charge < -0.3 is 14.6 Å². The molecule has 0 radical (unpaired) electrons. The fourth-order valence-electron chi connectivity index (χ4n) is 3.23. The molecule has 1 N–H and O–H groups in total. The van der Waals surface area contributed by atoms with Gasteiger partial charge >= 0.3 is 0 Å². The average Bonchev–Trinajstić information content (AvgIpc) is 3.08. The number of nitrogens with zero attached hydrogens (tertiary/aromatic N) is 4. The van der Waals surface area contributed by atoms with Crippen molar-refractivity contribution in [1.82, 2.24) is 25.0 Å². The molecule has 112 valence electrons. The zero-order chi connectivity index (χ0) is 13.8. The van der Waals surface area contributed by atoms with E-state index in [9.17, 15) is 0 Å². The fourth-order valence-corrected chi connectivity index (χ4v) is 3.23. The number of aromatic nitrogens is 3. The first-order valence-corrected chi connectivity index (χ1v) is 7.69. The Morgan fingerprint density at radius 1 is 1.45 bits per heavy atom. The molecule has 20 heavy (non-hydrogen) atoms. The van der Waals surface area contributed by atoms with Crippen LogP contribution in [0.25, 0.3) is 0 Å². The van der Waals surface area contributed by atoms with Crippen molar-refractivity contribution in [2.75, 3.05) is 39.4 Å². The van der Waals surface area contributed by atoms with Crippen molar-refractivity contribution in [3.05, 3.63) is 12.2 Å². The number of rotatable bonds is 6. The van der Waals surface area contributed by atoms with Crippen LogP contribution in [0, 0.1) is 5.41 Å². The van der Waals surface area contributed by atoms with Crippen molar-refractivity contribution in [2.24, 2.45) is 5.41 Å². The summed E-state index contributed by atoms with van der Waals surface area (Å²) in [5.41, 5.74) is 0.275. The Balaban J connectivity index is 1.59. The predicted octanol–water partition coefficient (Wildman–Crippen LogP) is 0.500. The van der Waals surface area contributed by atoms with Crippen molar-refractivity contribution < 1.29 is 4.74 Å². The summed E-state index contributed by atoms with van der Waals surface area (Å²) in [5, 5.41) is 11.8. The Bertz CT molecular complexity index is 427. The number of ether oxygens (including phenoxy) is 1. The lowest BCUT2D eigenvalue weighted by Crippen LogP contribution is -2.47. The Hall–Kier alpha value is -0.980. The summed E-state index contributed by atoms with van der Waals surface area (Å²) in [6.07, 6.45) is 4.18. The Labute approximate surface area is 120 Å². The molecule has 0 aliphatic carbocycles.